The Morgan fingerprint density at radius 2 is 2.10 bits per heavy atom. The van der Waals surface area contributed by atoms with Crippen LogP contribution >= 0.6 is 45.8 Å². The van der Waals surface area contributed by atoms with Gasteiger partial charge >= 0.3 is 5.97 Å². The van der Waals surface area contributed by atoms with E-state index < -0.39 is 5.97 Å². The molecule has 0 bridgehead atoms. The number of esters is 1. The number of aromatic nitrogens is 2. The monoisotopic (exact) mass is 491 g/mol. The van der Waals surface area contributed by atoms with Gasteiger partial charge < -0.3 is 15.0 Å². The fraction of sp³-hybridized carbons (Fsp3) is 0.200. The molecule has 11 heteroatoms. The SMILES string of the molecule is COC(=O)c1c(NC(=O)CSc2nc3scc(-c4cccs4)c3c(=O)[nH]2)sc(C)c1C. The summed E-state index contributed by atoms with van der Waals surface area (Å²) in [5.41, 5.74) is 1.80. The van der Waals surface area contributed by atoms with Crippen molar-refractivity contribution in [2.24, 2.45) is 0 Å². The Labute approximate surface area is 193 Å². The number of fused-ring (bicyclic) bond motifs is 1. The number of aromatic amines is 1. The first kappa shape index (κ1) is 21.8. The predicted octanol–water partition coefficient (Wildman–Crippen LogP) is 4.91. The number of thiophene rings is 3. The van der Waals surface area contributed by atoms with E-state index >= 15 is 0 Å². The molecule has 0 saturated heterocycles. The number of amides is 1. The van der Waals surface area contributed by atoms with Crippen molar-refractivity contribution in [3.63, 3.8) is 0 Å². The molecule has 0 unspecified atom stereocenters. The molecule has 2 N–H and O–H groups in total. The average molecular weight is 492 g/mol. The van der Waals surface area contributed by atoms with Crippen LogP contribution in [0, 0.1) is 13.8 Å². The van der Waals surface area contributed by atoms with Gasteiger partial charge in [0.25, 0.3) is 5.56 Å². The van der Waals surface area contributed by atoms with Crippen molar-refractivity contribution in [1.82, 2.24) is 9.97 Å². The van der Waals surface area contributed by atoms with Crippen LogP contribution in [0.15, 0.2) is 32.8 Å². The van der Waals surface area contributed by atoms with Crippen molar-refractivity contribution >= 4 is 72.9 Å². The highest BCUT2D eigenvalue weighted by atomic mass is 32.2. The number of methoxy groups -OCH3 is 1. The summed E-state index contributed by atoms with van der Waals surface area (Å²) in [4.78, 5) is 47.0. The Hall–Kier alpha value is -2.47. The standard InChI is InChI=1S/C20H17N3O4S4/c1-9-10(2)31-18(14(9)19(26)27-3)21-13(24)8-30-20-22-16(25)15-11(7-29-17(15)23-20)12-5-4-6-28-12/h4-7H,8H2,1-3H3,(H,21,24)(H,22,23,25). The largest absolute Gasteiger partial charge is 0.465 e. The zero-order chi connectivity index (χ0) is 22.1. The summed E-state index contributed by atoms with van der Waals surface area (Å²) in [7, 11) is 1.31. The molecule has 0 aliphatic carbocycles. The van der Waals surface area contributed by atoms with Gasteiger partial charge in [0.1, 0.15) is 9.83 Å². The van der Waals surface area contributed by atoms with E-state index in [1.165, 1.54) is 29.8 Å². The van der Waals surface area contributed by atoms with Crippen molar-refractivity contribution < 1.29 is 14.3 Å². The quantitative estimate of drug-likeness (QED) is 0.226. The van der Waals surface area contributed by atoms with E-state index in [1.807, 2.05) is 36.7 Å². The maximum atomic E-state index is 12.7. The first-order chi connectivity index (χ1) is 14.9. The van der Waals surface area contributed by atoms with Gasteiger partial charge in [0.15, 0.2) is 5.16 Å². The predicted molar refractivity (Wildman–Crippen MR) is 128 cm³/mol. The first-order valence-electron chi connectivity index (χ1n) is 9.05. The number of anilines is 1. The number of ether oxygens (including phenoxy) is 1. The van der Waals surface area contributed by atoms with E-state index in [0.29, 0.717) is 25.9 Å². The fourth-order valence-electron chi connectivity index (χ4n) is 2.97. The van der Waals surface area contributed by atoms with Gasteiger partial charge in [-0.1, -0.05) is 17.8 Å². The van der Waals surface area contributed by atoms with Gasteiger partial charge in [0.05, 0.1) is 23.8 Å². The second kappa shape index (κ2) is 8.95. The zero-order valence-electron chi connectivity index (χ0n) is 16.7. The third-order valence-electron chi connectivity index (χ3n) is 4.58. The normalized spacial score (nSPS) is 11.1. The zero-order valence-corrected chi connectivity index (χ0v) is 20.0. The molecule has 0 atom stereocenters. The van der Waals surface area contributed by atoms with Gasteiger partial charge in [-0.05, 0) is 30.9 Å². The van der Waals surface area contributed by atoms with E-state index in [1.54, 1.807) is 11.3 Å². The fourth-order valence-corrected chi connectivity index (χ4v) is 6.52. The van der Waals surface area contributed by atoms with E-state index in [0.717, 1.165) is 32.6 Å². The minimum atomic E-state index is -0.486. The van der Waals surface area contributed by atoms with Crippen LogP contribution in [-0.4, -0.2) is 34.7 Å². The van der Waals surface area contributed by atoms with E-state index in [2.05, 4.69) is 15.3 Å². The highest BCUT2D eigenvalue weighted by Crippen LogP contribution is 2.35. The molecule has 31 heavy (non-hydrogen) atoms. The molecule has 7 nitrogen and oxygen atoms in total. The lowest BCUT2D eigenvalue weighted by Crippen LogP contribution is -2.17. The molecule has 4 rings (SSSR count). The second-order valence-electron chi connectivity index (χ2n) is 6.49. The summed E-state index contributed by atoms with van der Waals surface area (Å²) in [6.07, 6.45) is 0. The minimum Gasteiger partial charge on any atom is -0.465 e. The number of hydrogen-bond donors (Lipinski definition) is 2. The molecule has 4 aromatic rings. The average Bonchev–Trinajstić information content (AvgIpc) is 3.46. The van der Waals surface area contributed by atoms with Crippen molar-refractivity contribution in [2.75, 3.05) is 18.2 Å². The summed E-state index contributed by atoms with van der Waals surface area (Å²) in [5, 5.41) is 8.06. The van der Waals surface area contributed by atoms with Crippen LogP contribution < -0.4 is 10.9 Å². The van der Waals surface area contributed by atoms with Crippen LogP contribution in [0.25, 0.3) is 20.7 Å². The molecule has 0 aliphatic rings. The van der Waals surface area contributed by atoms with Gasteiger partial charge in [-0.2, -0.15) is 0 Å². The lowest BCUT2D eigenvalue weighted by Gasteiger charge is -2.06. The Morgan fingerprint density at radius 3 is 2.81 bits per heavy atom. The molecule has 0 spiro atoms. The van der Waals surface area contributed by atoms with Crippen LogP contribution in [0.5, 0.6) is 0 Å². The molecule has 0 aromatic carbocycles. The van der Waals surface area contributed by atoms with Crippen LogP contribution in [-0.2, 0) is 9.53 Å². The van der Waals surface area contributed by atoms with Gasteiger partial charge in [-0.3, -0.25) is 9.59 Å². The summed E-state index contributed by atoms with van der Waals surface area (Å²) >= 11 is 5.43. The molecule has 0 aliphatic heterocycles. The van der Waals surface area contributed by atoms with Crippen LogP contribution in [0.2, 0.25) is 0 Å². The maximum absolute atomic E-state index is 12.7. The molecule has 1 amide bonds. The Bertz CT molecular complexity index is 1330. The topological polar surface area (TPSA) is 101 Å². The lowest BCUT2D eigenvalue weighted by atomic mass is 10.1. The van der Waals surface area contributed by atoms with Crippen LogP contribution in [0.1, 0.15) is 20.8 Å². The number of aryl methyl sites for hydroxylation is 1. The molecule has 0 saturated carbocycles. The third-order valence-corrected chi connectivity index (χ3v) is 8.35. The molecule has 4 aromatic heterocycles. The van der Waals surface area contributed by atoms with E-state index in [9.17, 15) is 14.4 Å². The van der Waals surface area contributed by atoms with E-state index in [4.69, 9.17) is 4.74 Å². The Kier molecular flexibility index (Phi) is 6.28. The van der Waals surface area contributed by atoms with Crippen molar-refractivity contribution in [3.05, 3.63) is 49.3 Å². The summed E-state index contributed by atoms with van der Waals surface area (Å²) in [5.74, 6) is -0.751. The van der Waals surface area contributed by atoms with Crippen LogP contribution in [0.3, 0.4) is 0 Å². The van der Waals surface area contributed by atoms with Crippen LogP contribution in [0.4, 0.5) is 5.00 Å². The molecule has 160 valence electrons. The smallest absolute Gasteiger partial charge is 0.341 e. The molecule has 4 heterocycles. The summed E-state index contributed by atoms with van der Waals surface area (Å²) < 4.78 is 4.83. The summed E-state index contributed by atoms with van der Waals surface area (Å²) in [6.45, 7) is 3.70. The third kappa shape index (κ3) is 4.31. The highest BCUT2D eigenvalue weighted by molar-refractivity contribution is 7.99. The number of carbonyl (C=O) groups is 2. The number of nitrogens with zero attached hydrogens (tertiary/aromatic N) is 1. The Morgan fingerprint density at radius 1 is 1.29 bits per heavy atom. The van der Waals surface area contributed by atoms with Crippen molar-refractivity contribution in [3.8, 4) is 10.4 Å². The van der Waals surface area contributed by atoms with Crippen molar-refractivity contribution in [1.29, 1.82) is 0 Å². The number of carbonyl (C=O) groups excluding carboxylic acids is 2. The number of H-pyrrole nitrogens is 1. The molecular weight excluding hydrogens is 475 g/mol. The number of hydrogen-bond acceptors (Lipinski definition) is 9. The van der Waals surface area contributed by atoms with Gasteiger partial charge in [0, 0.05) is 20.7 Å². The lowest BCUT2D eigenvalue weighted by molar-refractivity contribution is -0.113. The highest BCUT2D eigenvalue weighted by Gasteiger charge is 2.22. The first-order valence-corrected chi connectivity index (χ1v) is 12.6. The number of thioether (sulfide) groups is 1. The number of nitrogens with one attached hydrogen (secondary N) is 2. The molecule has 0 radical (unpaired) electrons. The van der Waals surface area contributed by atoms with E-state index in [-0.39, 0.29) is 17.2 Å². The molecular formula is C20H17N3O4S4. The second-order valence-corrected chi connectivity index (χ2v) is 10.5. The van der Waals surface area contributed by atoms with Gasteiger partial charge in [-0.25, -0.2) is 9.78 Å². The van der Waals surface area contributed by atoms with Gasteiger partial charge in [-0.15, -0.1) is 34.0 Å². The molecule has 0 fully saturated rings. The maximum Gasteiger partial charge on any atom is 0.341 e. The number of rotatable bonds is 6. The van der Waals surface area contributed by atoms with Crippen molar-refractivity contribution in [2.45, 2.75) is 19.0 Å². The summed E-state index contributed by atoms with van der Waals surface area (Å²) in [6, 6.07) is 3.91. The Balaban J connectivity index is 1.50. The van der Waals surface area contributed by atoms with Gasteiger partial charge in [0.2, 0.25) is 5.91 Å². The minimum absolute atomic E-state index is 0.0359.